The highest BCUT2D eigenvalue weighted by Gasteiger charge is 2.23. The third kappa shape index (κ3) is 4.08. The first kappa shape index (κ1) is 15.6. The number of hydrogen-bond acceptors (Lipinski definition) is 3. The highest BCUT2D eigenvalue weighted by Crippen LogP contribution is 2.21. The molecule has 1 atom stereocenters. The van der Waals surface area contributed by atoms with Crippen molar-refractivity contribution in [2.45, 2.75) is 39.7 Å². The van der Waals surface area contributed by atoms with Crippen molar-refractivity contribution in [3.8, 4) is 0 Å². The fourth-order valence-corrected chi connectivity index (χ4v) is 2.58. The summed E-state index contributed by atoms with van der Waals surface area (Å²) < 4.78 is 5.54. The Morgan fingerprint density at radius 3 is 2.76 bits per heavy atom. The zero-order valence-electron chi connectivity index (χ0n) is 13.1. The normalized spacial score (nSPS) is 14.4. The summed E-state index contributed by atoms with van der Waals surface area (Å²) in [6.45, 7) is 8.01. The van der Waals surface area contributed by atoms with E-state index in [-0.39, 0.29) is 18.2 Å². The Labute approximate surface area is 125 Å². The van der Waals surface area contributed by atoms with Gasteiger partial charge in [-0.1, -0.05) is 25.5 Å². The number of furan rings is 1. The zero-order chi connectivity index (χ0) is 15.6. The molecule has 0 fully saturated rings. The third-order valence-corrected chi connectivity index (χ3v) is 3.37. The van der Waals surface area contributed by atoms with Crippen LogP contribution in [0.1, 0.15) is 43.3 Å². The Bertz CT molecular complexity index is 641. The van der Waals surface area contributed by atoms with Gasteiger partial charge in [0.1, 0.15) is 5.58 Å². The van der Waals surface area contributed by atoms with Crippen molar-refractivity contribution in [3.63, 3.8) is 0 Å². The van der Waals surface area contributed by atoms with Crippen molar-refractivity contribution in [2.24, 2.45) is 5.92 Å². The molecule has 0 spiro atoms. The van der Waals surface area contributed by atoms with Crippen LogP contribution in [0.5, 0.6) is 0 Å². The van der Waals surface area contributed by atoms with E-state index in [1.807, 2.05) is 39.0 Å². The molecule has 4 nitrogen and oxygen atoms in total. The van der Waals surface area contributed by atoms with Crippen molar-refractivity contribution >= 4 is 16.9 Å². The first-order chi connectivity index (χ1) is 9.77. The number of carbonyl (C=O) groups excluding carboxylic acids is 1. The van der Waals surface area contributed by atoms with Gasteiger partial charge >= 0.3 is 0 Å². The minimum atomic E-state index is -0.910. The van der Waals surface area contributed by atoms with Crippen molar-refractivity contribution in [2.75, 3.05) is 6.54 Å². The SMILES string of the molecule is Cc1ccc2oc(C(=O)NCC(C)(O)CC(C)C)cc2c1. The van der Waals surface area contributed by atoms with Crippen molar-refractivity contribution in [1.29, 1.82) is 0 Å². The lowest BCUT2D eigenvalue weighted by Crippen LogP contribution is -2.41. The van der Waals surface area contributed by atoms with Gasteiger partial charge in [-0.15, -0.1) is 0 Å². The summed E-state index contributed by atoms with van der Waals surface area (Å²) in [6, 6.07) is 7.51. The molecular weight excluding hydrogens is 266 g/mol. The molecule has 2 N–H and O–H groups in total. The van der Waals surface area contributed by atoms with Gasteiger partial charge in [0.25, 0.3) is 5.91 Å². The van der Waals surface area contributed by atoms with Crippen LogP contribution in [0.2, 0.25) is 0 Å². The standard InChI is InChI=1S/C17H23NO3/c1-11(2)9-17(4,20)10-18-16(19)15-8-13-7-12(3)5-6-14(13)21-15/h5-8,11,20H,9-10H2,1-4H3,(H,18,19). The minimum absolute atomic E-state index is 0.208. The number of rotatable bonds is 5. The lowest BCUT2D eigenvalue weighted by atomic mass is 9.94. The maximum Gasteiger partial charge on any atom is 0.287 e. The summed E-state index contributed by atoms with van der Waals surface area (Å²) in [4.78, 5) is 12.1. The third-order valence-electron chi connectivity index (χ3n) is 3.37. The highest BCUT2D eigenvalue weighted by molar-refractivity contribution is 5.96. The quantitative estimate of drug-likeness (QED) is 0.888. The molecule has 0 radical (unpaired) electrons. The van der Waals surface area contributed by atoms with Crippen molar-refractivity contribution in [1.82, 2.24) is 5.32 Å². The topological polar surface area (TPSA) is 62.5 Å². The van der Waals surface area contributed by atoms with Gasteiger partial charge in [-0.3, -0.25) is 4.79 Å². The van der Waals surface area contributed by atoms with E-state index in [9.17, 15) is 9.90 Å². The van der Waals surface area contributed by atoms with E-state index in [1.165, 1.54) is 0 Å². The molecule has 1 aromatic carbocycles. The number of carbonyl (C=O) groups is 1. The predicted molar refractivity (Wildman–Crippen MR) is 83.4 cm³/mol. The fourth-order valence-electron chi connectivity index (χ4n) is 2.58. The van der Waals surface area contributed by atoms with Gasteiger partial charge in [0.05, 0.1) is 5.60 Å². The smallest absolute Gasteiger partial charge is 0.287 e. The summed E-state index contributed by atoms with van der Waals surface area (Å²) >= 11 is 0. The molecule has 2 rings (SSSR count). The van der Waals surface area contributed by atoms with E-state index in [0.29, 0.717) is 17.9 Å². The average molecular weight is 289 g/mol. The maximum atomic E-state index is 12.1. The summed E-state index contributed by atoms with van der Waals surface area (Å²) in [5.41, 5.74) is 0.904. The van der Waals surface area contributed by atoms with Gasteiger partial charge < -0.3 is 14.8 Å². The number of aliphatic hydroxyl groups is 1. The second-order valence-corrected chi connectivity index (χ2v) is 6.43. The molecule has 1 unspecified atom stereocenters. The van der Waals surface area contributed by atoms with E-state index < -0.39 is 5.60 Å². The van der Waals surface area contributed by atoms with Gasteiger partial charge in [0.15, 0.2) is 5.76 Å². The van der Waals surface area contributed by atoms with Crippen LogP contribution in [0.25, 0.3) is 11.0 Å². The molecule has 4 heteroatoms. The molecule has 1 heterocycles. The molecule has 21 heavy (non-hydrogen) atoms. The van der Waals surface area contributed by atoms with Gasteiger partial charge in [-0.2, -0.15) is 0 Å². The van der Waals surface area contributed by atoms with E-state index in [4.69, 9.17) is 4.42 Å². The Kier molecular flexibility index (Phi) is 4.37. The molecule has 0 bridgehead atoms. The first-order valence-corrected chi connectivity index (χ1v) is 7.27. The molecule has 1 aromatic heterocycles. The first-order valence-electron chi connectivity index (χ1n) is 7.27. The van der Waals surface area contributed by atoms with E-state index in [2.05, 4.69) is 5.32 Å². The zero-order valence-corrected chi connectivity index (χ0v) is 13.1. The monoisotopic (exact) mass is 289 g/mol. The molecule has 1 amide bonds. The molecule has 0 aliphatic heterocycles. The summed E-state index contributed by atoms with van der Waals surface area (Å²) in [6.07, 6.45) is 0.632. The molecular formula is C17H23NO3. The van der Waals surface area contributed by atoms with E-state index >= 15 is 0 Å². The largest absolute Gasteiger partial charge is 0.451 e. The van der Waals surface area contributed by atoms with E-state index in [0.717, 1.165) is 10.9 Å². The number of fused-ring (bicyclic) bond motifs is 1. The number of aryl methyl sites for hydroxylation is 1. The van der Waals surface area contributed by atoms with Crippen LogP contribution < -0.4 is 5.32 Å². The van der Waals surface area contributed by atoms with Gasteiger partial charge in [0, 0.05) is 11.9 Å². The second kappa shape index (κ2) is 5.90. The number of nitrogens with one attached hydrogen (secondary N) is 1. The molecule has 114 valence electrons. The van der Waals surface area contributed by atoms with Crippen LogP contribution in [0.4, 0.5) is 0 Å². The Morgan fingerprint density at radius 1 is 1.38 bits per heavy atom. The number of amides is 1. The maximum absolute atomic E-state index is 12.1. The molecule has 0 saturated heterocycles. The van der Waals surface area contributed by atoms with Gasteiger partial charge in [0.2, 0.25) is 0 Å². The van der Waals surface area contributed by atoms with Crippen LogP contribution in [0.15, 0.2) is 28.7 Å². The lowest BCUT2D eigenvalue weighted by molar-refractivity contribution is 0.0364. The van der Waals surface area contributed by atoms with Crippen LogP contribution >= 0.6 is 0 Å². The summed E-state index contributed by atoms with van der Waals surface area (Å²) in [5.74, 6) is 0.343. The molecule has 0 aliphatic carbocycles. The highest BCUT2D eigenvalue weighted by atomic mass is 16.3. The van der Waals surface area contributed by atoms with Crippen LogP contribution in [-0.4, -0.2) is 23.2 Å². The fraction of sp³-hybridized carbons (Fsp3) is 0.471. The van der Waals surface area contributed by atoms with Crippen LogP contribution in [0, 0.1) is 12.8 Å². The molecule has 0 saturated carbocycles. The van der Waals surface area contributed by atoms with Crippen LogP contribution in [0.3, 0.4) is 0 Å². The van der Waals surface area contributed by atoms with Gasteiger partial charge in [-0.25, -0.2) is 0 Å². The Balaban J connectivity index is 2.05. The number of hydrogen-bond donors (Lipinski definition) is 2. The molecule has 0 aliphatic rings. The minimum Gasteiger partial charge on any atom is -0.451 e. The van der Waals surface area contributed by atoms with Crippen LogP contribution in [-0.2, 0) is 0 Å². The molecule has 2 aromatic rings. The Morgan fingerprint density at radius 2 is 2.10 bits per heavy atom. The van der Waals surface area contributed by atoms with Gasteiger partial charge in [-0.05, 0) is 44.4 Å². The summed E-state index contributed by atoms with van der Waals surface area (Å²) in [7, 11) is 0. The second-order valence-electron chi connectivity index (χ2n) is 6.43. The predicted octanol–water partition coefficient (Wildman–Crippen LogP) is 3.27. The van der Waals surface area contributed by atoms with E-state index in [1.54, 1.807) is 13.0 Å². The number of benzene rings is 1. The average Bonchev–Trinajstić information content (AvgIpc) is 2.77. The van der Waals surface area contributed by atoms with Crippen molar-refractivity contribution in [3.05, 3.63) is 35.6 Å². The summed E-state index contributed by atoms with van der Waals surface area (Å²) in [5, 5.41) is 13.9. The Hall–Kier alpha value is -1.81. The van der Waals surface area contributed by atoms with Crippen molar-refractivity contribution < 1.29 is 14.3 Å². The lowest BCUT2D eigenvalue weighted by Gasteiger charge is -2.25.